The Kier molecular flexibility index (Phi) is 6.45. The molecule has 3 aromatic rings. The highest BCUT2D eigenvalue weighted by Crippen LogP contribution is 2.25. The van der Waals surface area contributed by atoms with Gasteiger partial charge in [0.15, 0.2) is 5.84 Å². The van der Waals surface area contributed by atoms with Gasteiger partial charge in [-0.3, -0.25) is 9.58 Å². The average molecular weight is 391 g/mol. The Labute approximate surface area is 171 Å². The summed E-state index contributed by atoms with van der Waals surface area (Å²) in [7, 11) is 0. The zero-order valence-electron chi connectivity index (χ0n) is 16.1. The van der Waals surface area contributed by atoms with Gasteiger partial charge >= 0.3 is 0 Å². The third kappa shape index (κ3) is 4.84. The highest BCUT2D eigenvalue weighted by molar-refractivity contribution is 7.98. The summed E-state index contributed by atoms with van der Waals surface area (Å²) in [5.41, 5.74) is 2.46. The maximum atomic E-state index is 5.09. The molecule has 28 heavy (non-hydrogen) atoms. The minimum absolute atomic E-state index is 0.911. The van der Waals surface area contributed by atoms with Crippen LogP contribution in [-0.2, 0) is 5.75 Å². The fraction of sp³-hybridized carbons (Fsp3) is 0.304. The molecule has 1 saturated heterocycles. The Bertz CT molecular complexity index is 882. The van der Waals surface area contributed by atoms with Crippen LogP contribution < -0.4 is 0 Å². The van der Waals surface area contributed by atoms with Crippen molar-refractivity contribution in [1.29, 1.82) is 0 Å². The lowest BCUT2D eigenvalue weighted by molar-refractivity contribution is 0.300. The van der Waals surface area contributed by atoms with Crippen LogP contribution in [0.1, 0.15) is 36.8 Å². The summed E-state index contributed by atoms with van der Waals surface area (Å²) in [6.07, 6.45) is 10.7. The van der Waals surface area contributed by atoms with E-state index in [1.165, 1.54) is 41.7 Å². The standard InChI is InChI=1S/C23H26N4S/c1-2-9-16-27(15-8-1)25-23(26-17-14-24-19-26)22-13-7-6-10-20(22)18-28-21-11-4-3-5-12-21/h3-7,10-14,17,19H,1-2,8-9,15-16,18H2. The van der Waals surface area contributed by atoms with Gasteiger partial charge in [-0.2, -0.15) is 5.10 Å². The van der Waals surface area contributed by atoms with Crippen LogP contribution in [0.5, 0.6) is 0 Å². The van der Waals surface area contributed by atoms with Gasteiger partial charge in [0.2, 0.25) is 0 Å². The number of thioether (sulfide) groups is 1. The zero-order chi connectivity index (χ0) is 19.0. The summed E-state index contributed by atoms with van der Waals surface area (Å²) < 4.78 is 2.04. The first-order valence-electron chi connectivity index (χ1n) is 9.98. The molecule has 1 aliphatic rings. The summed E-state index contributed by atoms with van der Waals surface area (Å²) in [5.74, 6) is 1.87. The summed E-state index contributed by atoms with van der Waals surface area (Å²) in [5, 5.41) is 7.33. The fourth-order valence-corrected chi connectivity index (χ4v) is 4.38. The van der Waals surface area contributed by atoms with E-state index in [1.54, 1.807) is 0 Å². The van der Waals surface area contributed by atoms with Crippen LogP contribution in [0.25, 0.3) is 0 Å². The normalized spacial score (nSPS) is 15.4. The van der Waals surface area contributed by atoms with E-state index in [0.717, 1.165) is 24.7 Å². The van der Waals surface area contributed by atoms with Gasteiger partial charge in [-0.05, 0) is 30.5 Å². The predicted octanol–water partition coefficient (Wildman–Crippen LogP) is 5.26. The smallest absolute Gasteiger partial charge is 0.165 e. The molecule has 0 amide bonds. The Balaban J connectivity index is 1.64. The summed E-state index contributed by atoms with van der Waals surface area (Å²) >= 11 is 1.86. The van der Waals surface area contributed by atoms with E-state index in [9.17, 15) is 0 Å². The van der Waals surface area contributed by atoms with E-state index in [4.69, 9.17) is 5.10 Å². The minimum atomic E-state index is 0.911. The summed E-state index contributed by atoms with van der Waals surface area (Å²) in [6.45, 7) is 2.05. The third-order valence-corrected chi connectivity index (χ3v) is 6.02. The molecule has 0 saturated carbocycles. The van der Waals surface area contributed by atoms with Crippen molar-refractivity contribution in [2.45, 2.75) is 36.3 Å². The monoisotopic (exact) mass is 390 g/mol. The lowest BCUT2D eigenvalue weighted by Crippen LogP contribution is -2.24. The summed E-state index contributed by atoms with van der Waals surface area (Å²) in [6, 6.07) is 19.2. The second-order valence-electron chi connectivity index (χ2n) is 7.02. The molecule has 4 nitrogen and oxygen atoms in total. The van der Waals surface area contributed by atoms with Gasteiger partial charge in [0, 0.05) is 41.7 Å². The third-order valence-electron chi connectivity index (χ3n) is 4.96. The number of hydrogen-bond donors (Lipinski definition) is 0. The van der Waals surface area contributed by atoms with Crippen molar-refractivity contribution < 1.29 is 0 Å². The van der Waals surface area contributed by atoms with E-state index in [-0.39, 0.29) is 0 Å². The Morgan fingerprint density at radius 3 is 2.43 bits per heavy atom. The van der Waals surface area contributed by atoms with Gasteiger partial charge in [-0.25, -0.2) is 4.98 Å². The molecular formula is C23H26N4S. The van der Waals surface area contributed by atoms with E-state index in [1.807, 2.05) is 35.0 Å². The molecular weight excluding hydrogens is 364 g/mol. The van der Waals surface area contributed by atoms with Crippen molar-refractivity contribution in [3.05, 3.63) is 84.4 Å². The van der Waals surface area contributed by atoms with Gasteiger partial charge < -0.3 is 0 Å². The van der Waals surface area contributed by atoms with Crippen LogP contribution in [0, 0.1) is 0 Å². The molecule has 5 heteroatoms. The van der Waals surface area contributed by atoms with Gasteiger partial charge in [0.25, 0.3) is 0 Å². The van der Waals surface area contributed by atoms with E-state index < -0.39 is 0 Å². The van der Waals surface area contributed by atoms with Gasteiger partial charge in [-0.15, -0.1) is 11.8 Å². The SMILES string of the molecule is c1ccc(SCc2ccccc2C(=NN2CCCCCC2)n2ccnc2)cc1. The summed E-state index contributed by atoms with van der Waals surface area (Å²) in [4.78, 5) is 5.55. The molecule has 0 radical (unpaired) electrons. The number of hydrazone groups is 1. The maximum absolute atomic E-state index is 5.09. The molecule has 0 N–H and O–H groups in total. The Morgan fingerprint density at radius 2 is 1.68 bits per heavy atom. The molecule has 144 valence electrons. The molecule has 1 fully saturated rings. The van der Waals surface area contributed by atoms with Gasteiger partial charge in [0.05, 0.1) is 0 Å². The van der Waals surface area contributed by atoms with Crippen molar-refractivity contribution in [2.75, 3.05) is 13.1 Å². The first kappa shape index (κ1) is 18.8. The molecule has 1 aromatic heterocycles. The van der Waals surface area contributed by atoms with Crippen LogP contribution >= 0.6 is 11.8 Å². The number of nitrogens with zero attached hydrogens (tertiary/aromatic N) is 4. The van der Waals surface area contributed by atoms with Crippen molar-refractivity contribution in [3.63, 3.8) is 0 Å². The lowest BCUT2D eigenvalue weighted by Gasteiger charge is -2.20. The van der Waals surface area contributed by atoms with E-state index in [0.29, 0.717) is 0 Å². The number of imidazole rings is 1. The first-order valence-corrected chi connectivity index (χ1v) is 11.0. The van der Waals surface area contributed by atoms with Crippen LogP contribution in [0.3, 0.4) is 0 Å². The molecule has 2 aromatic carbocycles. The molecule has 0 aliphatic carbocycles. The molecule has 2 heterocycles. The van der Waals surface area contributed by atoms with Crippen LogP contribution in [0.4, 0.5) is 0 Å². The largest absolute Gasteiger partial charge is 0.295 e. The molecule has 0 bridgehead atoms. The fourth-order valence-electron chi connectivity index (χ4n) is 3.46. The first-order chi connectivity index (χ1) is 13.9. The number of hydrogen-bond acceptors (Lipinski definition) is 4. The average Bonchev–Trinajstić information content (AvgIpc) is 3.16. The quantitative estimate of drug-likeness (QED) is 0.338. The van der Waals surface area contributed by atoms with Crippen LogP contribution in [0.15, 0.2) is 83.3 Å². The van der Waals surface area contributed by atoms with E-state index >= 15 is 0 Å². The number of aromatic nitrogens is 2. The van der Waals surface area contributed by atoms with Gasteiger partial charge in [-0.1, -0.05) is 55.3 Å². The molecule has 0 spiro atoms. The van der Waals surface area contributed by atoms with Crippen molar-refractivity contribution in [3.8, 4) is 0 Å². The molecule has 1 aliphatic heterocycles. The second-order valence-corrected chi connectivity index (χ2v) is 8.07. The number of benzene rings is 2. The Morgan fingerprint density at radius 1 is 0.929 bits per heavy atom. The Hall–Kier alpha value is -2.53. The molecule has 0 atom stereocenters. The molecule has 4 rings (SSSR count). The lowest BCUT2D eigenvalue weighted by atomic mass is 10.1. The highest BCUT2D eigenvalue weighted by Gasteiger charge is 2.15. The van der Waals surface area contributed by atoms with Crippen LogP contribution in [-0.4, -0.2) is 33.5 Å². The maximum Gasteiger partial charge on any atom is 0.165 e. The second kappa shape index (κ2) is 9.60. The van der Waals surface area contributed by atoms with E-state index in [2.05, 4.69) is 64.6 Å². The zero-order valence-corrected chi connectivity index (χ0v) is 16.9. The molecule has 0 unspecified atom stereocenters. The number of rotatable bonds is 5. The topological polar surface area (TPSA) is 33.4 Å². The van der Waals surface area contributed by atoms with Crippen molar-refractivity contribution in [1.82, 2.24) is 14.6 Å². The highest BCUT2D eigenvalue weighted by atomic mass is 32.2. The van der Waals surface area contributed by atoms with Gasteiger partial charge in [0.1, 0.15) is 6.33 Å². The van der Waals surface area contributed by atoms with Crippen molar-refractivity contribution >= 4 is 17.6 Å². The van der Waals surface area contributed by atoms with Crippen molar-refractivity contribution in [2.24, 2.45) is 5.10 Å². The van der Waals surface area contributed by atoms with Crippen LogP contribution in [0.2, 0.25) is 0 Å². The predicted molar refractivity (Wildman–Crippen MR) is 117 cm³/mol. The minimum Gasteiger partial charge on any atom is -0.295 e.